The molecule has 4 heteroatoms. The van der Waals surface area contributed by atoms with E-state index in [9.17, 15) is 9.59 Å². The summed E-state index contributed by atoms with van der Waals surface area (Å²) in [5.74, 6) is -0.749. The summed E-state index contributed by atoms with van der Waals surface area (Å²) in [6.07, 6.45) is 2.00. The third kappa shape index (κ3) is 6.19. The van der Waals surface area contributed by atoms with E-state index in [1.54, 1.807) is 0 Å². The summed E-state index contributed by atoms with van der Waals surface area (Å²) in [4.78, 5) is 23.3. The van der Waals surface area contributed by atoms with Crippen LogP contribution in [0.2, 0.25) is 0 Å². The Labute approximate surface area is 117 Å². The lowest BCUT2D eigenvalue weighted by Gasteiger charge is -2.34. The molecule has 0 heterocycles. The third-order valence-electron chi connectivity index (χ3n) is 3.96. The van der Waals surface area contributed by atoms with Crippen LogP contribution in [0.1, 0.15) is 67.2 Å². The molecule has 0 saturated carbocycles. The standard InChI is InChI=1S/C15H29NO3/c1-7-14(3,4)13(19)11(9-10-12(17)18)16-15(5,6)8-2/h11,16H,7-10H2,1-6H3,(H,17,18). The van der Waals surface area contributed by atoms with Crippen molar-refractivity contribution in [2.45, 2.75) is 78.8 Å². The largest absolute Gasteiger partial charge is 0.481 e. The van der Waals surface area contributed by atoms with Crippen LogP contribution < -0.4 is 5.32 Å². The maximum absolute atomic E-state index is 12.5. The molecule has 0 aliphatic heterocycles. The Morgan fingerprint density at radius 3 is 2.00 bits per heavy atom. The number of rotatable bonds is 9. The molecule has 4 nitrogen and oxygen atoms in total. The highest BCUT2D eigenvalue weighted by atomic mass is 16.4. The summed E-state index contributed by atoms with van der Waals surface area (Å²) in [5.41, 5.74) is -0.581. The van der Waals surface area contributed by atoms with Crippen molar-refractivity contribution in [3.63, 3.8) is 0 Å². The monoisotopic (exact) mass is 271 g/mol. The summed E-state index contributed by atoms with van der Waals surface area (Å²) >= 11 is 0. The minimum Gasteiger partial charge on any atom is -0.481 e. The Balaban J connectivity index is 4.95. The van der Waals surface area contributed by atoms with Crippen molar-refractivity contribution >= 4 is 11.8 Å². The number of nitrogens with one attached hydrogen (secondary N) is 1. The van der Waals surface area contributed by atoms with Crippen molar-refractivity contribution < 1.29 is 14.7 Å². The van der Waals surface area contributed by atoms with E-state index >= 15 is 0 Å². The van der Waals surface area contributed by atoms with E-state index in [4.69, 9.17) is 5.11 Å². The highest BCUT2D eigenvalue weighted by molar-refractivity contribution is 5.89. The predicted molar refractivity (Wildman–Crippen MR) is 77.2 cm³/mol. The number of carboxylic acids is 1. The zero-order chi connectivity index (χ0) is 15.3. The summed E-state index contributed by atoms with van der Waals surface area (Å²) < 4.78 is 0. The highest BCUT2D eigenvalue weighted by Gasteiger charge is 2.34. The fraction of sp³-hybridized carbons (Fsp3) is 0.867. The van der Waals surface area contributed by atoms with Gasteiger partial charge in [-0.25, -0.2) is 0 Å². The molecule has 0 radical (unpaired) electrons. The average molecular weight is 271 g/mol. The zero-order valence-electron chi connectivity index (χ0n) is 13.2. The molecule has 0 rings (SSSR count). The number of carbonyl (C=O) groups is 2. The van der Waals surface area contributed by atoms with Gasteiger partial charge in [0.05, 0.1) is 6.04 Å². The maximum atomic E-state index is 12.5. The molecule has 0 aromatic carbocycles. The molecule has 0 saturated heterocycles. The van der Waals surface area contributed by atoms with E-state index in [1.165, 1.54) is 0 Å². The van der Waals surface area contributed by atoms with Crippen LogP contribution in [0.25, 0.3) is 0 Å². The van der Waals surface area contributed by atoms with Crippen LogP contribution in [0, 0.1) is 5.41 Å². The van der Waals surface area contributed by atoms with Crippen LogP contribution in [0.4, 0.5) is 0 Å². The van der Waals surface area contributed by atoms with Gasteiger partial charge in [-0.05, 0) is 33.1 Å². The van der Waals surface area contributed by atoms with Crippen LogP contribution in [0.3, 0.4) is 0 Å². The average Bonchev–Trinajstić information content (AvgIpc) is 2.33. The smallest absolute Gasteiger partial charge is 0.303 e. The van der Waals surface area contributed by atoms with Crippen molar-refractivity contribution in [1.29, 1.82) is 0 Å². The molecule has 19 heavy (non-hydrogen) atoms. The van der Waals surface area contributed by atoms with Gasteiger partial charge >= 0.3 is 5.97 Å². The molecule has 1 unspecified atom stereocenters. The lowest BCUT2D eigenvalue weighted by Crippen LogP contribution is -2.52. The molecule has 0 aliphatic carbocycles. The third-order valence-corrected chi connectivity index (χ3v) is 3.96. The molecule has 0 aromatic heterocycles. The first kappa shape index (κ1) is 18.1. The van der Waals surface area contributed by atoms with Crippen LogP contribution in [0.15, 0.2) is 0 Å². The second-order valence-corrected chi connectivity index (χ2v) is 6.47. The Kier molecular flexibility index (Phi) is 6.70. The predicted octanol–water partition coefficient (Wildman–Crippen LogP) is 3.00. The van der Waals surface area contributed by atoms with E-state index in [0.29, 0.717) is 6.42 Å². The second-order valence-electron chi connectivity index (χ2n) is 6.47. The lowest BCUT2D eigenvalue weighted by molar-refractivity contribution is -0.137. The minimum atomic E-state index is -0.858. The Bertz CT molecular complexity index is 321. The van der Waals surface area contributed by atoms with Gasteiger partial charge in [-0.15, -0.1) is 0 Å². The van der Waals surface area contributed by atoms with Gasteiger partial charge in [0.15, 0.2) is 5.78 Å². The normalized spacial score (nSPS) is 14.2. The molecule has 2 N–H and O–H groups in total. The van der Waals surface area contributed by atoms with Crippen molar-refractivity contribution in [3.8, 4) is 0 Å². The lowest BCUT2D eigenvalue weighted by atomic mass is 9.80. The number of hydrogen-bond donors (Lipinski definition) is 2. The maximum Gasteiger partial charge on any atom is 0.303 e. The number of carbonyl (C=O) groups excluding carboxylic acids is 1. The van der Waals surface area contributed by atoms with Gasteiger partial charge in [0.2, 0.25) is 0 Å². The van der Waals surface area contributed by atoms with E-state index in [2.05, 4.69) is 12.2 Å². The number of hydrogen-bond acceptors (Lipinski definition) is 3. The molecule has 1 atom stereocenters. The minimum absolute atomic E-state index is 0.0169. The van der Waals surface area contributed by atoms with Gasteiger partial charge in [-0.3, -0.25) is 9.59 Å². The number of ketones is 1. The van der Waals surface area contributed by atoms with Gasteiger partial charge in [-0.1, -0.05) is 27.7 Å². The van der Waals surface area contributed by atoms with Crippen LogP contribution in [0.5, 0.6) is 0 Å². The van der Waals surface area contributed by atoms with E-state index in [-0.39, 0.29) is 23.8 Å². The van der Waals surface area contributed by atoms with E-state index < -0.39 is 11.4 Å². The van der Waals surface area contributed by atoms with Crippen molar-refractivity contribution in [1.82, 2.24) is 5.32 Å². The molecular formula is C15H29NO3. The van der Waals surface area contributed by atoms with E-state index in [0.717, 1.165) is 12.8 Å². The van der Waals surface area contributed by atoms with E-state index in [1.807, 2.05) is 34.6 Å². The van der Waals surface area contributed by atoms with Crippen molar-refractivity contribution in [3.05, 3.63) is 0 Å². The molecule has 0 fully saturated rings. The summed E-state index contributed by atoms with van der Waals surface area (Å²) in [6.45, 7) is 11.9. The quantitative estimate of drug-likeness (QED) is 0.676. The first-order chi connectivity index (χ1) is 8.55. The van der Waals surface area contributed by atoms with Crippen LogP contribution in [-0.2, 0) is 9.59 Å². The summed E-state index contributed by atoms with van der Waals surface area (Å²) in [6, 6.07) is -0.388. The first-order valence-corrected chi connectivity index (χ1v) is 7.09. The Hall–Kier alpha value is -0.900. The van der Waals surface area contributed by atoms with Gasteiger partial charge in [0.1, 0.15) is 0 Å². The molecule has 0 aliphatic rings. The Morgan fingerprint density at radius 2 is 1.63 bits per heavy atom. The van der Waals surface area contributed by atoms with Crippen LogP contribution >= 0.6 is 0 Å². The summed E-state index contributed by atoms with van der Waals surface area (Å²) in [7, 11) is 0. The fourth-order valence-electron chi connectivity index (χ4n) is 1.76. The molecule has 0 spiro atoms. The molecular weight excluding hydrogens is 242 g/mol. The fourth-order valence-corrected chi connectivity index (χ4v) is 1.76. The summed E-state index contributed by atoms with van der Waals surface area (Å²) in [5, 5.41) is 12.1. The second kappa shape index (κ2) is 7.04. The van der Waals surface area contributed by atoms with Gasteiger partial charge in [-0.2, -0.15) is 0 Å². The Morgan fingerprint density at radius 1 is 1.11 bits per heavy atom. The van der Waals surface area contributed by atoms with Crippen LogP contribution in [-0.4, -0.2) is 28.4 Å². The first-order valence-electron chi connectivity index (χ1n) is 7.09. The van der Waals surface area contributed by atoms with Gasteiger partial charge in [0, 0.05) is 17.4 Å². The number of carboxylic acid groups (broad SMARTS) is 1. The molecule has 0 bridgehead atoms. The molecule has 0 aromatic rings. The van der Waals surface area contributed by atoms with Crippen molar-refractivity contribution in [2.75, 3.05) is 0 Å². The zero-order valence-corrected chi connectivity index (χ0v) is 13.2. The topological polar surface area (TPSA) is 66.4 Å². The highest BCUT2D eigenvalue weighted by Crippen LogP contribution is 2.25. The number of Topliss-reactive ketones (excluding diaryl/α,β-unsaturated/α-hetero) is 1. The molecule has 112 valence electrons. The van der Waals surface area contributed by atoms with Crippen molar-refractivity contribution in [2.24, 2.45) is 5.41 Å². The van der Waals surface area contributed by atoms with Gasteiger partial charge in [0.25, 0.3) is 0 Å². The SMILES string of the molecule is CCC(C)(C)NC(CCC(=O)O)C(=O)C(C)(C)CC. The molecule has 0 amide bonds. The van der Waals surface area contributed by atoms with Gasteiger partial charge < -0.3 is 10.4 Å². The number of aliphatic carboxylic acids is 1.